The molecule has 2 aliphatic rings. The standard InChI is InChI=1S/C29H28S/c1-6-11-22-21-13-8-10-15-27(21)30-28(22)19(3)23-17-24-20-12-7-9-14-25(20)29(4,5)26(24)16-18(23)2/h6,8,10-17H,3,7,9H2,1-2,4-5H3/b11-6-. The number of allylic oxidation sites excluding steroid dienone is 5. The van der Waals surface area contributed by atoms with Crippen molar-refractivity contribution in [2.75, 3.05) is 0 Å². The number of benzene rings is 2. The van der Waals surface area contributed by atoms with E-state index in [0.29, 0.717) is 0 Å². The van der Waals surface area contributed by atoms with Gasteiger partial charge in [-0.25, -0.2) is 0 Å². The molecule has 0 unspecified atom stereocenters. The van der Waals surface area contributed by atoms with Gasteiger partial charge < -0.3 is 0 Å². The highest BCUT2D eigenvalue weighted by molar-refractivity contribution is 7.20. The van der Waals surface area contributed by atoms with E-state index in [9.17, 15) is 0 Å². The average Bonchev–Trinajstić information content (AvgIpc) is 3.21. The number of fused-ring (bicyclic) bond motifs is 4. The van der Waals surface area contributed by atoms with Crippen LogP contribution >= 0.6 is 11.3 Å². The second-order valence-corrected chi connectivity index (χ2v) is 10.0. The molecule has 0 saturated heterocycles. The molecular weight excluding hydrogens is 380 g/mol. The molecule has 0 amide bonds. The van der Waals surface area contributed by atoms with E-state index in [0.717, 1.165) is 18.4 Å². The van der Waals surface area contributed by atoms with Gasteiger partial charge in [-0.1, -0.05) is 69.0 Å². The Labute approximate surface area is 184 Å². The number of aryl methyl sites for hydroxylation is 1. The SMILES string of the molecule is C=C(c1cc2c(cc1C)C(C)(C)C1=CCCC=C12)c1sc2ccccc2c1/C=C\C. The van der Waals surface area contributed by atoms with Crippen molar-refractivity contribution in [2.45, 2.75) is 46.0 Å². The molecule has 2 aromatic carbocycles. The Morgan fingerprint density at radius 1 is 1.10 bits per heavy atom. The Balaban J connectivity index is 1.70. The van der Waals surface area contributed by atoms with Crippen LogP contribution in [0.1, 0.15) is 66.3 Å². The molecule has 0 nitrogen and oxygen atoms in total. The molecular formula is C29H28S. The third kappa shape index (κ3) is 2.72. The quantitative estimate of drug-likeness (QED) is 0.406. The molecule has 30 heavy (non-hydrogen) atoms. The van der Waals surface area contributed by atoms with Crippen molar-refractivity contribution in [3.8, 4) is 0 Å². The van der Waals surface area contributed by atoms with Gasteiger partial charge in [-0.2, -0.15) is 0 Å². The van der Waals surface area contributed by atoms with Gasteiger partial charge in [0.2, 0.25) is 0 Å². The second kappa shape index (κ2) is 6.96. The predicted molar refractivity (Wildman–Crippen MR) is 134 cm³/mol. The zero-order valence-corrected chi connectivity index (χ0v) is 19.1. The van der Waals surface area contributed by atoms with Gasteiger partial charge in [0.25, 0.3) is 0 Å². The van der Waals surface area contributed by atoms with Gasteiger partial charge in [0, 0.05) is 25.9 Å². The Bertz CT molecular complexity index is 1290. The monoisotopic (exact) mass is 408 g/mol. The maximum atomic E-state index is 4.60. The maximum Gasteiger partial charge on any atom is 0.0427 e. The number of hydrogen-bond donors (Lipinski definition) is 0. The smallest absolute Gasteiger partial charge is 0.0427 e. The highest BCUT2D eigenvalue weighted by atomic mass is 32.1. The molecule has 2 aliphatic carbocycles. The molecule has 1 heterocycles. The van der Waals surface area contributed by atoms with Crippen LogP contribution in [-0.4, -0.2) is 0 Å². The average molecular weight is 409 g/mol. The Morgan fingerprint density at radius 3 is 2.67 bits per heavy atom. The lowest BCUT2D eigenvalue weighted by Crippen LogP contribution is -2.16. The molecule has 1 aromatic heterocycles. The lowest BCUT2D eigenvalue weighted by molar-refractivity contribution is 0.654. The number of rotatable bonds is 3. The van der Waals surface area contributed by atoms with Crippen LogP contribution in [0.5, 0.6) is 0 Å². The summed E-state index contributed by atoms with van der Waals surface area (Å²) in [5, 5.41) is 1.32. The van der Waals surface area contributed by atoms with Gasteiger partial charge in [0.05, 0.1) is 0 Å². The number of hydrogen-bond acceptors (Lipinski definition) is 1. The van der Waals surface area contributed by atoms with Crippen molar-refractivity contribution in [3.63, 3.8) is 0 Å². The largest absolute Gasteiger partial charge is 0.135 e. The van der Waals surface area contributed by atoms with Crippen LogP contribution in [0.3, 0.4) is 0 Å². The molecule has 1 heteroatoms. The van der Waals surface area contributed by atoms with E-state index in [1.165, 1.54) is 53.9 Å². The topological polar surface area (TPSA) is 0 Å². The predicted octanol–water partition coefficient (Wildman–Crippen LogP) is 8.70. The van der Waals surface area contributed by atoms with Crippen molar-refractivity contribution >= 4 is 38.6 Å². The Morgan fingerprint density at radius 2 is 1.87 bits per heavy atom. The summed E-state index contributed by atoms with van der Waals surface area (Å²) in [6, 6.07) is 13.5. The van der Waals surface area contributed by atoms with E-state index in [1.54, 1.807) is 0 Å². The Kier molecular flexibility index (Phi) is 4.48. The number of thiophene rings is 1. The Hall–Kier alpha value is -2.64. The summed E-state index contributed by atoms with van der Waals surface area (Å²) >= 11 is 1.85. The first kappa shape index (κ1) is 19.3. The summed E-state index contributed by atoms with van der Waals surface area (Å²) in [5.41, 5.74) is 10.9. The summed E-state index contributed by atoms with van der Waals surface area (Å²) < 4.78 is 1.32. The van der Waals surface area contributed by atoms with E-state index in [1.807, 2.05) is 11.3 Å². The molecule has 5 rings (SSSR count). The van der Waals surface area contributed by atoms with E-state index in [-0.39, 0.29) is 5.41 Å². The molecule has 3 aromatic rings. The van der Waals surface area contributed by atoms with Crippen LogP contribution in [-0.2, 0) is 5.41 Å². The highest BCUT2D eigenvalue weighted by Gasteiger charge is 2.39. The van der Waals surface area contributed by atoms with Crippen molar-refractivity contribution in [1.29, 1.82) is 0 Å². The van der Waals surface area contributed by atoms with Crippen LogP contribution in [0, 0.1) is 6.92 Å². The van der Waals surface area contributed by atoms with Gasteiger partial charge in [-0.3, -0.25) is 0 Å². The van der Waals surface area contributed by atoms with E-state index >= 15 is 0 Å². The first-order valence-corrected chi connectivity index (χ1v) is 11.7. The highest BCUT2D eigenvalue weighted by Crippen LogP contribution is 2.52. The van der Waals surface area contributed by atoms with Crippen molar-refractivity contribution in [3.05, 3.63) is 99.5 Å². The fourth-order valence-electron chi connectivity index (χ4n) is 5.18. The maximum absolute atomic E-state index is 4.60. The first-order valence-electron chi connectivity index (χ1n) is 10.8. The molecule has 0 N–H and O–H groups in total. The van der Waals surface area contributed by atoms with Gasteiger partial charge in [-0.05, 0) is 77.8 Å². The van der Waals surface area contributed by atoms with Gasteiger partial charge in [-0.15, -0.1) is 11.3 Å². The molecule has 0 atom stereocenters. The van der Waals surface area contributed by atoms with E-state index < -0.39 is 0 Å². The minimum atomic E-state index is 0.0833. The molecule has 0 radical (unpaired) electrons. The second-order valence-electron chi connectivity index (χ2n) is 8.97. The molecule has 0 fully saturated rings. The van der Waals surface area contributed by atoms with Crippen molar-refractivity contribution in [2.24, 2.45) is 0 Å². The fraction of sp³-hybridized carbons (Fsp3) is 0.241. The summed E-state index contributed by atoms with van der Waals surface area (Å²) in [6.07, 6.45) is 11.6. The molecule has 150 valence electrons. The van der Waals surface area contributed by atoms with Crippen LogP contribution in [0.15, 0.2) is 66.8 Å². The van der Waals surface area contributed by atoms with Crippen LogP contribution < -0.4 is 0 Å². The summed E-state index contributed by atoms with van der Waals surface area (Å²) in [4.78, 5) is 1.28. The molecule has 0 spiro atoms. The van der Waals surface area contributed by atoms with E-state index in [4.69, 9.17) is 0 Å². The summed E-state index contributed by atoms with van der Waals surface area (Å²) in [7, 11) is 0. The molecule has 0 saturated carbocycles. The van der Waals surface area contributed by atoms with Crippen LogP contribution in [0.25, 0.3) is 27.3 Å². The van der Waals surface area contributed by atoms with Gasteiger partial charge in [0.15, 0.2) is 0 Å². The molecule has 0 bridgehead atoms. The zero-order chi connectivity index (χ0) is 21.0. The van der Waals surface area contributed by atoms with Crippen molar-refractivity contribution in [1.82, 2.24) is 0 Å². The van der Waals surface area contributed by atoms with Gasteiger partial charge >= 0.3 is 0 Å². The third-order valence-corrected chi connectivity index (χ3v) is 7.97. The minimum absolute atomic E-state index is 0.0833. The normalized spacial score (nSPS) is 17.1. The lowest BCUT2D eigenvalue weighted by atomic mass is 9.80. The van der Waals surface area contributed by atoms with E-state index in [2.05, 4.69) is 95.0 Å². The molecule has 0 aliphatic heterocycles. The zero-order valence-electron chi connectivity index (χ0n) is 18.3. The first-order chi connectivity index (χ1) is 14.4. The van der Waals surface area contributed by atoms with Crippen LogP contribution in [0.2, 0.25) is 0 Å². The summed E-state index contributed by atoms with van der Waals surface area (Å²) in [5.74, 6) is 0. The fourth-order valence-corrected chi connectivity index (χ4v) is 6.36. The van der Waals surface area contributed by atoms with Crippen molar-refractivity contribution < 1.29 is 0 Å². The third-order valence-electron chi connectivity index (χ3n) is 6.72. The van der Waals surface area contributed by atoms with Gasteiger partial charge in [0.1, 0.15) is 0 Å². The van der Waals surface area contributed by atoms with Crippen LogP contribution in [0.4, 0.5) is 0 Å². The lowest BCUT2D eigenvalue weighted by Gasteiger charge is -2.24. The minimum Gasteiger partial charge on any atom is -0.135 e. The summed E-state index contributed by atoms with van der Waals surface area (Å²) in [6.45, 7) is 13.7.